The molecule has 23 heavy (non-hydrogen) atoms. The van der Waals surface area contributed by atoms with E-state index in [0.29, 0.717) is 0 Å². The SMILES string of the molecule is CC[Si](C)(C)CCCn1c2cc(C)ccc2c2ccc(C)cc21. The number of nitrogens with zero attached hydrogens (tertiary/aromatic N) is 1. The minimum absolute atomic E-state index is 0.981. The van der Waals surface area contributed by atoms with E-state index < -0.39 is 8.07 Å². The van der Waals surface area contributed by atoms with Crippen LogP contribution in [0.1, 0.15) is 24.5 Å². The molecule has 0 saturated heterocycles. The molecule has 3 aromatic rings. The second-order valence-electron chi connectivity index (χ2n) is 7.81. The van der Waals surface area contributed by atoms with Gasteiger partial charge < -0.3 is 4.57 Å². The largest absolute Gasteiger partial charge is 0.340 e. The van der Waals surface area contributed by atoms with Gasteiger partial charge in [0.1, 0.15) is 0 Å². The van der Waals surface area contributed by atoms with Crippen molar-refractivity contribution < 1.29 is 0 Å². The fourth-order valence-corrected chi connectivity index (χ4v) is 4.92. The lowest BCUT2D eigenvalue weighted by atomic mass is 10.1. The Morgan fingerprint density at radius 1 is 0.870 bits per heavy atom. The van der Waals surface area contributed by atoms with Crippen LogP contribution in [-0.2, 0) is 6.54 Å². The summed E-state index contributed by atoms with van der Waals surface area (Å²) in [5.41, 5.74) is 5.51. The Morgan fingerprint density at radius 2 is 1.39 bits per heavy atom. The molecule has 0 aliphatic carbocycles. The molecule has 2 heteroatoms. The summed E-state index contributed by atoms with van der Waals surface area (Å²) in [6, 6.07) is 16.6. The van der Waals surface area contributed by atoms with E-state index in [9.17, 15) is 0 Å². The Kier molecular flexibility index (Phi) is 4.37. The molecule has 1 nitrogen and oxygen atoms in total. The zero-order chi connectivity index (χ0) is 16.6. The Balaban J connectivity index is 2.05. The molecule has 2 aromatic carbocycles. The first-order valence-corrected chi connectivity index (χ1v) is 12.3. The fraction of sp³-hybridized carbons (Fsp3) is 0.429. The van der Waals surface area contributed by atoms with Crippen molar-refractivity contribution in [3.63, 3.8) is 0 Å². The van der Waals surface area contributed by atoms with E-state index >= 15 is 0 Å². The molecular weight excluding hydrogens is 294 g/mol. The first-order valence-electron chi connectivity index (χ1n) is 8.90. The monoisotopic (exact) mass is 323 g/mol. The molecule has 3 rings (SSSR count). The summed E-state index contributed by atoms with van der Waals surface area (Å²) < 4.78 is 2.56. The van der Waals surface area contributed by atoms with Gasteiger partial charge in [0, 0.05) is 36.4 Å². The molecule has 122 valence electrons. The van der Waals surface area contributed by atoms with Crippen molar-refractivity contribution in [2.45, 2.75) is 58.9 Å². The Labute approximate surface area is 141 Å². The van der Waals surface area contributed by atoms with E-state index in [-0.39, 0.29) is 0 Å². The normalized spacial score (nSPS) is 12.4. The quantitative estimate of drug-likeness (QED) is 0.470. The van der Waals surface area contributed by atoms with Crippen molar-refractivity contribution in [3.05, 3.63) is 47.5 Å². The summed E-state index contributed by atoms with van der Waals surface area (Å²) >= 11 is 0. The van der Waals surface area contributed by atoms with Crippen molar-refractivity contribution >= 4 is 29.9 Å². The number of hydrogen-bond acceptors (Lipinski definition) is 0. The maximum absolute atomic E-state index is 2.56. The first kappa shape index (κ1) is 16.3. The van der Waals surface area contributed by atoms with Gasteiger partial charge in [0.2, 0.25) is 0 Å². The van der Waals surface area contributed by atoms with Gasteiger partial charge >= 0.3 is 0 Å². The summed E-state index contributed by atoms with van der Waals surface area (Å²) in [5.74, 6) is 0. The molecule has 0 atom stereocenters. The molecule has 0 amide bonds. The third-order valence-corrected chi connectivity index (χ3v) is 8.99. The van der Waals surface area contributed by atoms with Crippen LogP contribution in [0.3, 0.4) is 0 Å². The average molecular weight is 324 g/mol. The number of fused-ring (bicyclic) bond motifs is 3. The van der Waals surface area contributed by atoms with Crippen LogP contribution in [0.25, 0.3) is 21.8 Å². The highest BCUT2D eigenvalue weighted by molar-refractivity contribution is 6.77. The summed E-state index contributed by atoms with van der Waals surface area (Å²) in [5, 5.41) is 2.80. The first-order chi connectivity index (χ1) is 10.9. The van der Waals surface area contributed by atoms with Crippen molar-refractivity contribution in [2.75, 3.05) is 0 Å². The minimum Gasteiger partial charge on any atom is -0.340 e. The third kappa shape index (κ3) is 3.23. The standard InChI is InChI=1S/C21H29NSi/c1-6-23(4,5)13-7-12-22-20-14-16(2)8-10-18(20)19-11-9-17(3)15-21(19)22/h8-11,14-15H,6-7,12-13H2,1-5H3. The molecular formula is C21H29NSi. The Morgan fingerprint density at radius 3 is 1.87 bits per heavy atom. The molecule has 1 heterocycles. The van der Waals surface area contributed by atoms with Crippen LogP contribution in [0.4, 0.5) is 0 Å². The summed E-state index contributed by atoms with van der Waals surface area (Å²) in [7, 11) is -0.981. The van der Waals surface area contributed by atoms with Gasteiger partial charge in [0.25, 0.3) is 0 Å². The maximum atomic E-state index is 2.56. The van der Waals surface area contributed by atoms with E-state index in [2.05, 4.69) is 74.8 Å². The highest BCUT2D eigenvalue weighted by atomic mass is 28.3. The van der Waals surface area contributed by atoms with Gasteiger partial charge in [0.05, 0.1) is 0 Å². The molecule has 0 fully saturated rings. The van der Waals surface area contributed by atoms with Gasteiger partial charge in [-0.3, -0.25) is 0 Å². The van der Waals surface area contributed by atoms with Gasteiger partial charge in [-0.1, -0.05) is 56.4 Å². The van der Waals surface area contributed by atoms with E-state index in [1.54, 1.807) is 0 Å². The highest BCUT2D eigenvalue weighted by Gasteiger charge is 2.18. The van der Waals surface area contributed by atoms with Crippen molar-refractivity contribution in [3.8, 4) is 0 Å². The maximum Gasteiger partial charge on any atom is 0.0494 e. The molecule has 0 spiro atoms. The van der Waals surface area contributed by atoms with Gasteiger partial charge in [0.15, 0.2) is 0 Å². The van der Waals surface area contributed by atoms with Gasteiger partial charge in [-0.15, -0.1) is 0 Å². The van der Waals surface area contributed by atoms with Crippen molar-refractivity contribution in [2.24, 2.45) is 0 Å². The van der Waals surface area contributed by atoms with Crippen LogP contribution >= 0.6 is 0 Å². The van der Waals surface area contributed by atoms with Gasteiger partial charge in [-0.05, 0) is 43.5 Å². The Hall–Kier alpha value is -1.54. The third-order valence-electron chi connectivity index (χ3n) is 5.37. The van der Waals surface area contributed by atoms with E-state index in [0.717, 1.165) is 6.54 Å². The highest BCUT2D eigenvalue weighted by Crippen LogP contribution is 2.31. The second kappa shape index (κ2) is 6.16. The van der Waals surface area contributed by atoms with E-state index in [1.807, 2.05) is 0 Å². The predicted octanol–water partition coefficient (Wildman–Crippen LogP) is 6.53. The molecule has 0 unspecified atom stereocenters. The Bertz CT molecular complexity index is 783. The lowest BCUT2D eigenvalue weighted by Gasteiger charge is -2.20. The van der Waals surface area contributed by atoms with Gasteiger partial charge in [-0.25, -0.2) is 0 Å². The smallest absolute Gasteiger partial charge is 0.0494 e. The second-order valence-corrected chi connectivity index (χ2v) is 13.3. The lowest BCUT2D eigenvalue weighted by Crippen LogP contribution is -2.23. The zero-order valence-electron chi connectivity index (χ0n) is 15.2. The van der Waals surface area contributed by atoms with E-state index in [1.165, 1.54) is 51.4 Å². The predicted molar refractivity (Wildman–Crippen MR) is 106 cm³/mol. The van der Waals surface area contributed by atoms with Crippen LogP contribution in [0, 0.1) is 13.8 Å². The van der Waals surface area contributed by atoms with Crippen LogP contribution < -0.4 is 0 Å². The number of aryl methyl sites for hydroxylation is 3. The lowest BCUT2D eigenvalue weighted by molar-refractivity contribution is 0.715. The number of rotatable bonds is 5. The molecule has 0 N–H and O–H groups in total. The minimum atomic E-state index is -0.981. The summed E-state index contributed by atoms with van der Waals surface area (Å²) in [4.78, 5) is 0. The average Bonchev–Trinajstić information content (AvgIpc) is 2.80. The molecule has 0 radical (unpaired) electrons. The van der Waals surface area contributed by atoms with Crippen LogP contribution in [0.5, 0.6) is 0 Å². The summed E-state index contributed by atoms with van der Waals surface area (Å²) in [6.45, 7) is 12.9. The number of benzene rings is 2. The molecule has 0 bridgehead atoms. The molecule has 1 aromatic heterocycles. The number of hydrogen-bond donors (Lipinski definition) is 0. The number of aromatic nitrogens is 1. The summed E-state index contributed by atoms with van der Waals surface area (Å²) in [6.07, 6.45) is 1.30. The van der Waals surface area contributed by atoms with Gasteiger partial charge in [-0.2, -0.15) is 0 Å². The van der Waals surface area contributed by atoms with Crippen molar-refractivity contribution in [1.29, 1.82) is 0 Å². The fourth-order valence-electron chi connectivity index (χ4n) is 3.45. The van der Waals surface area contributed by atoms with Crippen LogP contribution in [0.15, 0.2) is 36.4 Å². The van der Waals surface area contributed by atoms with Crippen LogP contribution in [0.2, 0.25) is 25.2 Å². The molecule has 0 saturated carbocycles. The van der Waals surface area contributed by atoms with Crippen molar-refractivity contribution in [1.82, 2.24) is 4.57 Å². The zero-order valence-corrected chi connectivity index (χ0v) is 16.2. The topological polar surface area (TPSA) is 4.93 Å². The molecule has 0 aliphatic heterocycles. The molecule has 0 aliphatic rings. The van der Waals surface area contributed by atoms with Crippen LogP contribution in [-0.4, -0.2) is 12.6 Å². The van der Waals surface area contributed by atoms with E-state index in [4.69, 9.17) is 0 Å².